The third kappa shape index (κ3) is 2.10. The van der Waals surface area contributed by atoms with Crippen LogP contribution >= 0.6 is 0 Å². The van der Waals surface area contributed by atoms with E-state index in [9.17, 15) is 0 Å². The monoisotopic (exact) mass is 244 g/mol. The Hall–Kier alpha value is -1.48. The number of nitrogens with one attached hydrogen (secondary N) is 1. The van der Waals surface area contributed by atoms with Crippen molar-refractivity contribution in [3.05, 3.63) is 30.0 Å². The van der Waals surface area contributed by atoms with E-state index in [1.807, 2.05) is 0 Å². The second-order valence-corrected chi connectivity index (χ2v) is 4.88. The van der Waals surface area contributed by atoms with Crippen molar-refractivity contribution in [3.63, 3.8) is 0 Å². The second kappa shape index (κ2) is 5.02. The summed E-state index contributed by atoms with van der Waals surface area (Å²) in [6, 6.07) is 6.26. The lowest BCUT2D eigenvalue weighted by atomic mass is 10.1. The molecule has 3 heteroatoms. The van der Waals surface area contributed by atoms with Gasteiger partial charge in [0.05, 0.1) is 6.61 Å². The van der Waals surface area contributed by atoms with Gasteiger partial charge in [-0.15, -0.1) is 0 Å². The van der Waals surface area contributed by atoms with E-state index in [4.69, 9.17) is 4.74 Å². The van der Waals surface area contributed by atoms with Gasteiger partial charge < -0.3 is 14.6 Å². The Labute approximate surface area is 108 Å². The summed E-state index contributed by atoms with van der Waals surface area (Å²) in [5, 5.41) is 1.27. The first-order valence-electron chi connectivity index (χ1n) is 6.82. The second-order valence-electron chi connectivity index (χ2n) is 4.88. The van der Waals surface area contributed by atoms with Gasteiger partial charge in [0.2, 0.25) is 0 Å². The summed E-state index contributed by atoms with van der Waals surface area (Å²) >= 11 is 0. The molecule has 0 bridgehead atoms. The largest absolute Gasteiger partial charge is 0.493 e. The Kier molecular flexibility index (Phi) is 3.24. The van der Waals surface area contributed by atoms with Crippen LogP contribution in [0.2, 0.25) is 0 Å². The quantitative estimate of drug-likeness (QED) is 0.835. The molecule has 1 aromatic heterocycles. The van der Waals surface area contributed by atoms with Crippen molar-refractivity contribution in [2.24, 2.45) is 0 Å². The van der Waals surface area contributed by atoms with Crippen LogP contribution in [0.15, 0.2) is 24.4 Å². The highest BCUT2D eigenvalue weighted by Crippen LogP contribution is 2.29. The van der Waals surface area contributed by atoms with Gasteiger partial charge in [-0.05, 0) is 37.1 Å². The number of H-pyrrole nitrogens is 1. The Morgan fingerprint density at radius 3 is 3.17 bits per heavy atom. The van der Waals surface area contributed by atoms with Gasteiger partial charge in [-0.3, -0.25) is 0 Å². The van der Waals surface area contributed by atoms with Gasteiger partial charge in [0.15, 0.2) is 0 Å². The summed E-state index contributed by atoms with van der Waals surface area (Å²) in [5.41, 5.74) is 2.56. The summed E-state index contributed by atoms with van der Waals surface area (Å²) in [6.45, 7) is 6.42. The molecule has 3 nitrogen and oxygen atoms in total. The number of ether oxygens (including phenoxy) is 1. The number of aromatic nitrogens is 1. The zero-order chi connectivity index (χ0) is 12.4. The van der Waals surface area contributed by atoms with Gasteiger partial charge in [-0.2, -0.15) is 0 Å². The molecule has 0 radical (unpaired) electrons. The third-order valence-corrected chi connectivity index (χ3v) is 3.77. The maximum Gasteiger partial charge on any atom is 0.128 e. The smallest absolute Gasteiger partial charge is 0.128 e. The van der Waals surface area contributed by atoms with Crippen molar-refractivity contribution in [1.82, 2.24) is 9.88 Å². The summed E-state index contributed by atoms with van der Waals surface area (Å²) in [5.74, 6) is 1.04. The Morgan fingerprint density at radius 1 is 1.33 bits per heavy atom. The summed E-state index contributed by atoms with van der Waals surface area (Å²) < 4.78 is 5.94. The highest BCUT2D eigenvalue weighted by molar-refractivity contribution is 5.89. The maximum atomic E-state index is 5.94. The molecule has 0 spiro atoms. The lowest BCUT2D eigenvalue weighted by molar-refractivity contribution is 0.242. The average molecular weight is 244 g/mol. The Bertz CT molecular complexity index is 532. The normalized spacial score (nSPS) is 17.6. The fourth-order valence-corrected chi connectivity index (χ4v) is 2.71. The number of nitrogens with zero attached hydrogens (tertiary/aromatic N) is 1. The van der Waals surface area contributed by atoms with Crippen molar-refractivity contribution in [3.8, 4) is 5.75 Å². The van der Waals surface area contributed by atoms with Crippen LogP contribution in [0, 0.1) is 0 Å². The topological polar surface area (TPSA) is 28.3 Å². The van der Waals surface area contributed by atoms with E-state index >= 15 is 0 Å². The van der Waals surface area contributed by atoms with Crippen LogP contribution < -0.4 is 4.74 Å². The molecule has 1 N–H and O–H groups in total. The van der Waals surface area contributed by atoms with Crippen molar-refractivity contribution >= 4 is 10.9 Å². The Morgan fingerprint density at radius 2 is 2.28 bits per heavy atom. The van der Waals surface area contributed by atoms with Gasteiger partial charge >= 0.3 is 0 Å². The van der Waals surface area contributed by atoms with Gasteiger partial charge in [-0.25, -0.2) is 0 Å². The molecule has 18 heavy (non-hydrogen) atoms. The lowest BCUT2D eigenvalue weighted by Crippen LogP contribution is -2.28. The van der Waals surface area contributed by atoms with Crippen LogP contribution in [0.25, 0.3) is 10.9 Å². The fraction of sp³-hybridized carbons (Fsp3) is 0.467. The molecule has 2 heterocycles. The van der Waals surface area contributed by atoms with Crippen molar-refractivity contribution in [1.29, 1.82) is 0 Å². The molecule has 1 aliphatic rings. The standard InChI is InChI=1S/C15H20N2O/c1-2-17-8-4-10-18-14-6-3-5-13-15(14)12(7-9-17)11-16-13/h3,5-6,11,16H,2,4,7-10H2,1H3. The maximum absolute atomic E-state index is 5.94. The van der Waals surface area contributed by atoms with E-state index in [1.165, 1.54) is 16.5 Å². The van der Waals surface area contributed by atoms with E-state index in [-0.39, 0.29) is 0 Å². The lowest BCUT2D eigenvalue weighted by Gasteiger charge is -2.21. The number of hydrogen-bond acceptors (Lipinski definition) is 2. The molecule has 0 saturated carbocycles. The Balaban J connectivity index is 1.99. The van der Waals surface area contributed by atoms with E-state index < -0.39 is 0 Å². The number of rotatable bonds is 1. The van der Waals surface area contributed by atoms with Gasteiger partial charge in [0.1, 0.15) is 5.75 Å². The first kappa shape index (κ1) is 11.6. The molecule has 0 fully saturated rings. The minimum Gasteiger partial charge on any atom is -0.493 e. The van der Waals surface area contributed by atoms with Crippen LogP contribution in [0.4, 0.5) is 0 Å². The van der Waals surface area contributed by atoms with E-state index in [0.29, 0.717) is 0 Å². The molecule has 0 unspecified atom stereocenters. The minimum atomic E-state index is 0.806. The van der Waals surface area contributed by atoms with Crippen LogP contribution in [0.1, 0.15) is 18.9 Å². The molecule has 1 aliphatic heterocycles. The average Bonchev–Trinajstić information content (AvgIpc) is 2.82. The van der Waals surface area contributed by atoms with Crippen molar-refractivity contribution in [2.45, 2.75) is 19.8 Å². The molecule has 0 saturated heterocycles. The van der Waals surface area contributed by atoms with Crippen LogP contribution in [-0.2, 0) is 6.42 Å². The summed E-state index contributed by atoms with van der Waals surface area (Å²) in [6.07, 6.45) is 4.32. The van der Waals surface area contributed by atoms with Gasteiger partial charge in [-0.1, -0.05) is 13.0 Å². The number of aromatic amines is 1. The van der Waals surface area contributed by atoms with Crippen molar-refractivity contribution in [2.75, 3.05) is 26.2 Å². The van der Waals surface area contributed by atoms with Gasteiger partial charge in [0, 0.05) is 30.2 Å². The zero-order valence-electron chi connectivity index (χ0n) is 10.9. The van der Waals surface area contributed by atoms with Crippen molar-refractivity contribution < 1.29 is 4.74 Å². The first-order valence-corrected chi connectivity index (χ1v) is 6.82. The fourth-order valence-electron chi connectivity index (χ4n) is 2.71. The molecule has 1 aromatic carbocycles. The van der Waals surface area contributed by atoms with Gasteiger partial charge in [0.25, 0.3) is 0 Å². The number of likely N-dealkylation sites (N-methyl/N-ethyl adjacent to an activating group) is 1. The predicted molar refractivity (Wildman–Crippen MR) is 74.2 cm³/mol. The zero-order valence-corrected chi connectivity index (χ0v) is 10.9. The SMILES string of the molecule is CCN1CCCOc2cccc3[nH]cc(c23)CC1. The van der Waals surface area contributed by atoms with Crippen LogP contribution in [-0.4, -0.2) is 36.1 Å². The number of benzene rings is 1. The molecular formula is C15H20N2O. The van der Waals surface area contributed by atoms with Crippen LogP contribution in [0.3, 0.4) is 0 Å². The molecule has 0 atom stereocenters. The molecule has 0 amide bonds. The third-order valence-electron chi connectivity index (χ3n) is 3.77. The van der Waals surface area contributed by atoms with Crippen LogP contribution in [0.5, 0.6) is 5.75 Å². The molecule has 3 rings (SSSR count). The number of hydrogen-bond donors (Lipinski definition) is 1. The molecular weight excluding hydrogens is 224 g/mol. The highest BCUT2D eigenvalue weighted by atomic mass is 16.5. The summed E-state index contributed by atoms with van der Waals surface area (Å²) in [4.78, 5) is 5.85. The van der Waals surface area contributed by atoms with E-state index in [0.717, 1.165) is 44.8 Å². The summed E-state index contributed by atoms with van der Waals surface area (Å²) in [7, 11) is 0. The molecule has 0 aliphatic carbocycles. The molecule has 96 valence electrons. The molecule has 2 aromatic rings. The highest BCUT2D eigenvalue weighted by Gasteiger charge is 2.13. The van der Waals surface area contributed by atoms with E-state index in [1.54, 1.807) is 0 Å². The predicted octanol–water partition coefficient (Wildman–Crippen LogP) is 2.81. The first-order chi connectivity index (χ1) is 8.88. The minimum absolute atomic E-state index is 0.806. The van der Waals surface area contributed by atoms with E-state index in [2.05, 4.69) is 41.2 Å².